The highest BCUT2D eigenvalue weighted by atomic mass is 32.2. The summed E-state index contributed by atoms with van der Waals surface area (Å²) in [6, 6.07) is 21.6. The Kier molecular flexibility index (Phi) is 7.13. The van der Waals surface area contributed by atoms with E-state index in [4.69, 9.17) is 9.26 Å². The summed E-state index contributed by atoms with van der Waals surface area (Å²) in [5, 5.41) is 6.91. The first-order valence-electron chi connectivity index (χ1n) is 11.7. The summed E-state index contributed by atoms with van der Waals surface area (Å²) >= 11 is 1.46. The molecule has 5 rings (SSSR count). The fourth-order valence-electron chi connectivity index (χ4n) is 3.68. The van der Waals surface area contributed by atoms with Crippen LogP contribution in [0, 0.1) is 6.92 Å². The Balaban J connectivity index is 1.24. The molecule has 2 aromatic heterocycles. The van der Waals surface area contributed by atoms with Crippen molar-refractivity contribution in [2.75, 3.05) is 10.0 Å². The van der Waals surface area contributed by atoms with Gasteiger partial charge in [-0.3, -0.25) is 9.52 Å². The van der Waals surface area contributed by atoms with Crippen LogP contribution in [0.1, 0.15) is 23.0 Å². The Morgan fingerprint density at radius 1 is 1.00 bits per heavy atom. The first-order chi connectivity index (χ1) is 18.7. The number of thiazole rings is 1. The lowest BCUT2D eigenvalue weighted by Gasteiger charge is -2.15. The number of benzene rings is 3. The van der Waals surface area contributed by atoms with Crippen molar-refractivity contribution in [3.63, 3.8) is 0 Å². The summed E-state index contributed by atoms with van der Waals surface area (Å²) in [4.78, 5) is 30.3. The molecule has 1 unspecified atom stereocenters. The molecule has 0 aliphatic carbocycles. The van der Waals surface area contributed by atoms with Gasteiger partial charge in [-0.05, 0) is 56.3 Å². The number of fused-ring (bicyclic) bond motifs is 1. The molecule has 0 spiro atoms. The van der Waals surface area contributed by atoms with E-state index >= 15 is 0 Å². The van der Waals surface area contributed by atoms with Gasteiger partial charge in [-0.2, -0.15) is 0 Å². The normalized spacial score (nSPS) is 12.2. The van der Waals surface area contributed by atoms with E-state index in [1.807, 2.05) is 24.3 Å². The maximum atomic E-state index is 13.0. The molecular weight excluding hydrogens is 540 g/mol. The van der Waals surface area contributed by atoms with Gasteiger partial charge in [-0.25, -0.2) is 18.2 Å². The third-order valence-electron chi connectivity index (χ3n) is 5.62. The summed E-state index contributed by atoms with van der Waals surface area (Å²) in [5.41, 5.74) is 2.06. The van der Waals surface area contributed by atoms with Gasteiger partial charge in [-0.15, -0.1) is 11.3 Å². The number of rotatable bonds is 8. The van der Waals surface area contributed by atoms with Crippen molar-refractivity contribution in [3.05, 3.63) is 90.2 Å². The van der Waals surface area contributed by atoms with Gasteiger partial charge in [0.2, 0.25) is 0 Å². The highest BCUT2D eigenvalue weighted by Gasteiger charge is 2.23. The second kappa shape index (κ2) is 10.7. The lowest BCUT2D eigenvalue weighted by atomic mass is 10.1. The molecule has 0 bridgehead atoms. The van der Waals surface area contributed by atoms with Crippen LogP contribution in [0.4, 0.5) is 11.5 Å². The van der Waals surface area contributed by atoms with Crippen molar-refractivity contribution < 1.29 is 27.3 Å². The molecule has 5 aromatic rings. The summed E-state index contributed by atoms with van der Waals surface area (Å²) in [6.45, 7) is 3.10. The van der Waals surface area contributed by atoms with E-state index in [9.17, 15) is 18.0 Å². The van der Waals surface area contributed by atoms with E-state index in [1.165, 1.54) is 48.6 Å². The number of hydrogen-bond acceptors (Lipinski definition) is 9. The highest BCUT2D eigenvalue weighted by Crippen LogP contribution is 2.32. The van der Waals surface area contributed by atoms with Crippen LogP contribution in [0.15, 0.2) is 88.3 Å². The van der Waals surface area contributed by atoms with Crippen LogP contribution in [0.25, 0.3) is 20.8 Å². The number of amides is 1. The lowest BCUT2D eigenvalue weighted by molar-refractivity contribution is -0.123. The van der Waals surface area contributed by atoms with Gasteiger partial charge in [-0.1, -0.05) is 35.5 Å². The van der Waals surface area contributed by atoms with E-state index in [0.29, 0.717) is 27.6 Å². The lowest BCUT2D eigenvalue weighted by Crippen LogP contribution is -2.30. The molecule has 2 heterocycles. The number of nitrogens with zero attached hydrogens (tertiary/aromatic N) is 2. The minimum Gasteiger partial charge on any atom is -0.449 e. The second-order valence-corrected chi connectivity index (χ2v) is 11.2. The number of aromatic nitrogens is 2. The number of sulfonamides is 1. The molecule has 1 amide bonds. The topological polar surface area (TPSA) is 140 Å². The van der Waals surface area contributed by atoms with E-state index in [2.05, 4.69) is 20.2 Å². The molecule has 198 valence electrons. The Bertz CT molecular complexity index is 1740. The van der Waals surface area contributed by atoms with Gasteiger partial charge in [0.15, 0.2) is 11.9 Å². The first kappa shape index (κ1) is 26.1. The largest absolute Gasteiger partial charge is 0.449 e. The zero-order valence-corrected chi connectivity index (χ0v) is 22.4. The van der Waals surface area contributed by atoms with Crippen molar-refractivity contribution in [1.29, 1.82) is 0 Å². The van der Waals surface area contributed by atoms with E-state index in [1.54, 1.807) is 31.2 Å². The van der Waals surface area contributed by atoms with Crippen LogP contribution in [0.3, 0.4) is 0 Å². The van der Waals surface area contributed by atoms with Gasteiger partial charge in [0.25, 0.3) is 15.9 Å². The molecule has 39 heavy (non-hydrogen) atoms. The smallest absolute Gasteiger partial charge is 0.339 e. The summed E-state index contributed by atoms with van der Waals surface area (Å²) in [6.07, 6.45) is -1.12. The monoisotopic (exact) mass is 562 g/mol. The van der Waals surface area contributed by atoms with Crippen molar-refractivity contribution in [2.45, 2.75) is 24.8 Å². The Labute approximate surface area is 227 Å². The number of ether oxygens (including phenoxy) is 1. The number of nitrogens with one attached hydrogen (secondary N) is 2. The Morgan fingerprint density at radius 2 is 1.72 bits per heavy atom. The van der Waals surface area contributed by atoms with Crippen LogP contribution >= 0.6 is 11.3 Å². The van der Waals surface area contributed by atoms with Gasteiger partial charge < -0.3 is 14.6 Å². The fraction of sp³-hybridized carbons (Fsp3) is 0.111. The maximum absolute atomic E-state index is 13.0. The molecule has 0 saturated carbocycles. The molecule has 2 N–H and O–H groups in total. The van der Waals surface area contributed by atoms with Gasteiger partial charge >= 0.3 is 5.97 Å². The Morgan fingerprint density at radius 3 is 2.44 bits per heavy atom. The van der Waals surface area contributed by atoms with Crippen molar-refractivity contribution in [1.82, 2.24) is 10.1 Å². The van der Waals surface area contributed by atoms with Crippen LogP contribution in [-0.2, 0) is 19.6 Å². The number of para-hydroxylation sites is 1. The van der Waals surface area contributed by atoms with E-state index in [-0.39, 0.29) is 10.7 Å². The zero-order valence-electron chi connectivity index (χ0n) is 20.7. The number of esters is 1. The number of carbonyl (C=O) groups is 2. The predicted octanol–water partition coefficient (Wildman–Crippen LogP) is 5.24. The van der Waals surface area contributed by atoms with Crippen molar-refractivity contribution >= 4 is 55.0 Å². The summed E-state index contributed by atoms with van der Waals surface area (Å²) in [5.74, 6) is -0.721. The number of anilines is 2. The highest BCUT2D eigenvalue weighted by molar-refractivity contribution is 7.92. The molecule has 0 aliphatic heterocycles. The number of hydrogen-bond donors (Lipinski definition) is 2. The SMILES string of the molecule is Cc1cc(NS(=O)(=O)c2ccc(NC(=O)C(C)OC(=O)c3ccccc3-c3nc4ccccc4s3)cc2)no1. The zero-order chi connectivity index (χ0) is 27.6. The van der Waals surface area contributed by atoms with Gasteiger partial charge in [0, 0.05) is 17.3 Å². The molecule has 12 heteroatoms. The summed E-state index contributed by atoms with van der Waals surface area (Å²) in [7, 11) is -3.90. The number of carbonyl (C=O) groups excluding carboxylic acids is 2. The quantitative estimate of drug-likeness (QED) is 0.245. The third-order valence-corrected chi connectivity index (χ3v) is 8.06. The third kappa shape index (κ3) is 5.81. The number of aryl methyl sites for hydroxylation is 1. The molecule has 0 fully saturated rings. The fourth-order valence-corrected chi connectivity index (χ4v) is 5.67. The van der Waals surface area contributed by atoms with Crippen molar-refractivity contribution in [2.24, 2.45) is 0 Å². The Hall–Kier alpha value is -4.55. The molecule has 0 radical (unpaired) electrons. The molecule has 3 aromatic carbocycles. The van der Waals surface area contributed by atoms with Crippen LogP contribution in [-0.4, -0.2) is 36.5 Å². The average Bonchev–Trinajstić information content (AvgIpc) is 3.54. The molecular formula is C27H22N4O6S2. The van der Waals surface area contributed by atoms with Crippen LogP contribution in [0.2, 0.25) is 0 Å². The predicted molar refractivity (Wildman–Crippen MR) is 147 cm³/mol. The average molecular weight is 563 g/mol. The van der Waals surface area contributed by atoms with Gasteiger partial charge in [0.05, 0.1) is 20.7 Å². The van der Waals surface area contributed by atoms with E-state index < -0.39 is 28.0 Å². The van der Waals surface area contributed by atoms with Crippen molar-refractivity contribution in [3.8, 4) is 10.6 Å². The first-order valence-corrected chi connectivity index (χ1v) is 14.0. The van der Waals surface area contributed by atoms with Crippen LogP contribution in [0.5, 0.6) is 0 Å². The minimum atomic E-state index is -3.90. The molecule has 1 atom stereocenters. The van der Waals surface area contributed by atoms with E-state index in [0.717, 1.165) is 10.2 Å². The summed E-state index contributed by atoms with van der Waals surface area (Å²) < 4.78 is 38.7. The molecule has 10 nitrogen and oxygen atoms in total. The molecule has 0 aliphatic rings. The minimum absolute atomic E-state index is 0.0351. The second-order valence-electron chi connectivity index (χ2n) is 8.52. The standard InChI is InChI=1S/C27H22N4O6S2/c1-16-15-24(30-37-16)31-39(34,35)19-13-11-18(12-14-19)28-25(32)17(2)36-27(33)21-8-4-3-7-20(21)26-29-22-9-5-6-10-23(22)38-26/h3-15,17H,1-2H3,(H,28,32)(H,30,31). The molecule has 0 saturated heterocycles. The van der Waals surface area contributed by atoms with Crippen LogP contribution < -0.4 is 10.0 Å². The van der Waals surface area contributed by atoms with Gasteiger partial charge in [0.1, 0.15) is 10.8 Å². The maximum Gasteiger partial charge on any atom is 0.339 e.